The fourth-order valence-corrected chi connectivity index (χ4v) is 4.87. The van der Waals surface area contributed by atoms with Crippen LogP contribution in [0.15, 0.2) is 53.4 Å². The fourth-order valence-electron chi connectivity index (χ4n) is 3.77. The molecule has 0 bridgehead atoms. The Morgan fingerprint density at radius 1 is 1.03 bits per heavy atom. The van der Waals surface area contributed by atoms with Gasteiger partial charge in [0.2, 0.25) is 0 Å². The first-order valence-corrected chi connectivity index (χ1v) is 12.5. The van der Waals surface area contributed by atoms with Gasteiger partial charge in [0.05, 0.1) is 11.5 Å². The van der Waals surface area contributed by atoms with Crippen molar-refractivity contribution in [2.24, 2.45) is 0 Å². The topological polar surface area (TPSA) is 78.9 Å². The molecule has 3 rings (SSSR count). The van der Waals surface area contributed by atoms with Gasteiger partial charge in [-0.15, -0.1) is 0 Å². The maximum absolute atomic E-state index is 13.1. The fraction of sp³-hybridized carbons (Fsp3) is 0.458. The molecule has 8 heteroatoms. The van der Waals surface area contributed by atoms with Crippen molar-refractivity contribution in [3.63, 3.8) is 0 Å². The lowest BCUT2D eigenvalue weighted by Gasteiger charge is -2.34. The first-order chi connectivity index (χ1) is 15.1. The highest BCUT2D eigenvalue weighted by molar-refractivity contribution is 7.92. The van der Waals surface area contributed by atoms with Crippen molar-refractivity contribution in [1.29, 1.82) is 0 Å². The zero-order chi connectivity index (χ0) is 23.4. The number of carbonyl (C=O) groups is 1. The predicted molar refractivity (Wildman–Crippen MR) is 127 cm³/mol. The monoisotopic (exact) mass is 459 g/mol. The number of amides is 1. The highest BCUT2D eigenvalue weighted by Gasteiger charge is 2.27. The molecular weight excluding hydrogens is 426 g/mol. The van der Waals surface area contributed by atoms with Gasteiger partial charge in [-0.3, -0.25) is 14.4 Å². The van der Waals surface area contributed by atoms with Crippen molar-refractivity contribution in [3.8, 4) is 5.75 Å². The second kappa shape index (κ2) is 9.92. The van der Waals surface area contributed by atoms with E-state index in [1.54, 1.807) is 36.4 Å². The smallest absolute Gasteiger partial charge is 0.261 e. The van der Waals surface area contributed by atoms with Crippen LogP contribution in [0.4, 0.5) is 5.69 Å². The van der Waals surface area contributed by atoms with Crippen LogP contribution in [0.5, 0.6) is 5.75 Å². The first kappa shape index (κ1) is 24.1. The van der Waals surface area contributed by atoms with Crippen LogP contribution < -0.4 is 9.46 Å². The second-order valence-corrected chi connectivity index (χ2v) is 10.6. The average molecular weight is 460 g/mol. The van der Waals surface area contributed by atoms with Crippen LogP contribution in [0.1, 0.15) is 44.5 Å². The second-order valence-electron chi connectivity index (χ2n) is 8.89. The summed E-state index contributed by atoms with van der Waals surface area (Å²) in [5, 5.41) is 0. The zero-order valence-electron chi connectivity index (χ0n) is 19.3. The summed E-state index contributed by atoms with van der Waals surface area (Å²) >= 11 is 0. The third kappa shape index (κ3) is 6.01. The zero-order valence-corrected chi connectivity index (χ0v) is 20.1. The number of carbonyl (C=O) groups excluding carboxylic acids is 1. The van der Waals surface area contributed by atoms with Gasteiger partial charge in [0.15, 0.2) is 0 Å². The van der Waals surface area contributed by atoms with E-state index in [1.807, 2.05) is 11.8 Å². The van der Waals surface area contributed by atoms with Crippen LogP contribution in [0, 0.1) is 0 Å². The summed E-state index contributed by atoms with van der Waals surface area (Å²) in [6.45, 7) is 12.0. The molecule has 1 amide bonds. The number of benzene rings is 2. The summed E-state index contributed by atoms with van der Waals surface area (Å²) in [7, 11) is -3.83. The molecule has 0 saturated carbocycles. The Morgan fingerprint density at radius 2 is 1.75 bits per heavy atom. The minimum atomic E-state index is -3.83. The van der Waals surface area contributed by atoms with Gasteiger partial charge in [0.1, 0.15) is 5.75 Å². The molecule has 0 atom stereocenters. The van der Waals surface area contributed by atoms with Gasteiger partial charge in [0.25, 0.3) is 15.9 Å². The molecular formula is C24H33N3O4S. The molecule has 2 aromatic carbocycles. The quantitative estimate of drug-likeness (QED) is 0.710. The Bertz CT molecular complexity index is 1030. The lowest BCUT2D eigenvalue weighted by Crippen LogP contribution is -2.44. The lowest BCUT2D eigenvalue weighted by atomic mass is 10.1. The molecule has 1 N–H and O–H groups in total. The van der Waals surface area contributed by atoms with Crippen LogP contribution in [0.2, 0.25) is 0 Å². The largest absolute Gasteiger partial charge is 0.494 e. The molecule has 0 aromatic heterocycles. The highest BCUT2D eigenvalue weighted by Crippen LogP contribution is 2.22. The summed E-state index contributed by atoms with van der Waals surface area (Å²) in [5.74, 6) is 0.532. The van der Waals surface area contributed by atoms with E-state index in [0.717, 1.165) is 19.5 Å². The van der Waals surface area contributed by atoms with Crippen LogP contribution >= 0.6 is 0 Å². The van der Waals surface area contributed by atoms with E-state index >= 15 is 0 Å². The van der Waals surface area contributed by atoms with Crippen molar-refractivity contribution in [2.45, 2.75) is 44.6 Å². The third-order valence-corrected chi connectivity index (χ3v) is 6.92. The van der Waals surface area contributed by atoms with E-state index in [0.29, 0.717) is 36.7 Å². The molecule has 2 aromatic rings. The van der Waals surface area contributed by atoms with Gasteiger partial charge in [-0.2, -0.15) is 0 Å². The first-order valence-electron chi connectivity index (χ1n) is 11.0. The minimum Gasteiger partial charge on any atom is -0.494 e. The van der Waals surface area contributed by atoms with Crippen molar-refractivity contribution < 1.29 is 17.9 Å². The molecule has 1 heterocycles. The van der Waals surface area contributed by atoms with Crippen molar-refractivity contribution in [1.82, 2.24) is 9.80 Å². The standard InChI is InChI=1S/C24H33N3O4S/c1-5-31-21-12-10-20(11-13-21)25-32(29,30)22-9-6-8-19(18-22)23(28)26-14-7-15-27(17-16-26)24(2,3)4/h6,8-13,18,25H,5,7,14-17H2,1-4H3. The van der Waals surface area contributed by atoms with Crippen LogP contribution in [0.3, 0.4) is 0 Å². The van der Waals surface area contributed by atoms with Crippen molar-refractivity contribution >= 4 is 21.6 Å². The highest BCUT2D eigenvalue weighted by atomic mass is 32.2. The number of hydrogen-bond acceptors (Lipinski definition) is 5. The van der Waals surface area contributed by atoms with E-state index in [4.69, 9.17) is 4.74 Å². The van der Waals surface area contributed by atoms with Gasteiger partial charge in [-0.05, 0) is 76.6 Å². The third-order valence-electron chi connectivity index (χ3n) is 5.54. The summed E-state index contributed by atoms with van der Waals surface area (Å²) in [6, 6.07) is 12.9. The number of rotatable bonds is 6. The van der Waals surface area contributed by atoms with Crippen molar-refractivity contribution in [3.05, 3.63) is 54.1 Å². The van der Waals surface area contributed by atoms with E-state index in [2.05, 4.69) is 30.4 Å². The van der Waals surface area contributed by atoms with Gasteiger partial charge < -0.3 is 9.64 Å². The van der Waals surface area contributed by atoms with Gasteiger partial charge in [-0.1, -0.05) is 6.07 Å². The Hall–Kier alpha value is -2.58. The molecule has 1 fully saturated rings. The van der Waals surface area contributed by atoms with E-state index in [1.165, 1.54) is 12.1 Å². The summed E-state index contributed by atoms with van der Waals surface area (Å²) < 4.78 is 33.7. The molecule has 0 radical (unpaired) electrons. The molecule has 1 saturated heterocycles. The molecule has 0 unspecified atom stereocenters. The van der Waals surface area contributed by atoms with E-state index in [-0.39, 0.29) is 16.3 Å². The Morgan fingerprint density at radius 3 is 2.41 bits per heavy atom. The Balaban J connectivity index is 1.73. The molecule has 1 aliphatic rings. The van der Waals surface area contributed by atoms with E-state index in [9.17, 15) is 13.2 Å². The average Bonchev–Trinajstić information content (AvgIpc) is 3.01. The maximum Gasteiger partial charge on any atom is 0.261 e. The Kier molecular flexibility index (Phi) is 7.46. The number of hydrogen-bond donors (Lipinski definition) is 1. The molecule has 7 nitrogen and oxygen atoms in total. The van der Waals surface area contributed by atoms with Gasteiger partial charge in [-0.25, -0.2) is 8.42 Å². The summed E-state index contributed by atoms with van der Waals surface area (Å²) in [6.07, 6.45) is 0.889. The maximum atomic E-state index is 13.1. The Labute approximate surface area is 191 Å². The predicted octanol–water partition coefficient (Wildman–Crippen LogP) is 3.83. The van der Waals surface area contributed by atoms with E-state index < -0.39 is 10.0 Å². The number of nitrogens with zero attached hydrogens (tertiary/aromatic N) is 2. The minimum absolute atomic E-state index is 0.0551. The molecule has 1 aliphatic heterocycles. The molecule has 0 spiro atoms. The number of nitrogens with one attached hydrogen (secondary N) is 1. The summed E-state index contributed by atoms with van der Waals surface area (Å²) in [5.41, 5.74) is 0.864. The molecule has 32 heavy (non-hydrogen) atoms. The SMILES string of the molecule is CCOc1ccc(NS(=O)(=O)c2cccc(C(=O)N3CCCN(C(C)(C)C)CC3)c2)cc1. The number of anilines is 1. The van der Waals surface area contributed by atoms with Crippen LogP contribution in [-0.2, 0) is 10.0 Å². The summed E-state index contributed by atoms with van der Waals surface area (Å²) in [4.78, 5) is 17.4. The van der Waals surface area contributed by atoms with Gasteiger partial charge >= 0.3 is 0 Å². The number of sulfonamides is 1. The molecule has 0 aliphatic carbocycles. The van der Waals surface area contributed by atoms with Gasteiger partial charge in [0, 0.05) is 43.0 Å². The van der Waals surface area contributed by atoms with Crippen molar-refractivity contribution in [2.75, 3.05) is 37.5 Å². The normalized spacial score (nSPS) is 15.8. The lowest BCUT2D eigenvalue weighted by molar-refractivity contribution is 0.0749. The molecule has 174 valence electrons. The number of ether oxygens (including phenoxy) is 1. The van der Waals surface area contributed by atoms with Crippen LogP contribution in [-0.4, -0.2) is 62.4 Å². The van der Waals surface area contributed by atoms with Crippen LogP contribution in [0.25, 0.3) is 0 Å².